The molecule has 4 nitrogen and oxygen atoms in total. The van der Waals surface area contributed by atoms with E-state index in [0.717, 1.165) is 0 Å². The minimum atomic E-state index is -0.160. The molecule has 5 heteroatoms. The topological polar surface area (TPSA) is 68.3 Å². The summed E-state index contributed by atoms with van der Waals surface area (Å²) in [5.41, 5.74) is 5.84. The van der Waals surface area contributed by atoms with E-state index in [1.165, 1.54) is 6.26 Å². The van der Waals surface area contributed by atoms with E-state index in [-0.39, 0.29) is 5.91 Å². The van der Waals surface area contributed by atoms with E-state index in [4.69, 9.17) is 10.2 Å². The summed E-state index contributed by atoms with van der Waals surface area (Å²) in [5.74, 6) is 0.449. The van der Waals surface area contributed by atoms with Crippen molar-refractivity contribution in [2.75, 3.05) is 6.54 Å². The van der Waals surface area contributed by atoms with Crippen LogP contribution >= 0.6 is 12.2 Å². The van der Waals surface area contributed by atoms with Gasteiger partial charge in [0.1, 0.15) is 5.76 Å². The standard InChI is InChI=1S/C9H12N2O2S/c1-6-7(3-5-13-6)9(12)11-4-2-8(10)14/h3,5H,2,4H2,1H3,(H2,10,14)(H,11,12). The van der Waals surface area contributed by atoms with E-state index in [0.29, 0.717) is 29.3 Å². The Bertz CT molecular complexity index is 346. The van der Waals surface area contributed by atoms with Gasteiger partial charge in [0.2, 0.25) is 0 Å². The quantitative estimate of drug-likeness (QED) is 0.730. The zero-order chi connectivity index (χ0) is 10.6. The number of hydrogen-bond donors (Lipinski definition) is 2. The van der Waals surface area contributed by atoms with Gasteiger partial charge in [0.25, 0.3) is 5.91 Å². The Morgan fingerprint density at radius 3 is 2.93 bits per heavy atom. The summed E-state index contributed by atoms with van der Waals surface area (Å²) in [6.07, 6.45) is 2.00. The SMILES string of the molecule is Cc1occc1C(=O)NCCC(N)=S. The number of hydrogen-bond acceptors (Lipinski definition) is 3. The fraction of sp³-hybridized carbons (Fsp3) is 0.333. The van der Waals surface area contributed by atoms with Crippen LogP contribution in [0, 0.1) is 6.92 Å². The van der Waals surface area contributed by atoms with Crippen LogP contribution in [0.1, 0.15) is 22.5 Å². The molecule has 1 aromatic rings. The molecular weight excluding hydrogens is 200 g/mol. The molecule has 1 amide bonds. The molecule has 0 aliphatic rings. The Morgan fingerprint density at radius 2 is 2.43 bits per heavy atom. The molecule has 3 N–H and O–H groups in total. The average molecular weight is 212 g/mol. The van der Waals surface area contributed by atoms with Crippen molar-refractivity contribution in [3.05, 3.63) is 23.7 Å². The van der Waals surface area contributed by atoms with E-state index >= 15 is 0 Å². The molecule has 0 radical (unpaired) electrons. The van der Waals surface area contributed by atoms with Crippen molar-refractivity contribution in [1.29, 1.82) is 0 Å². The van der Waals surface area contributed by atoms with Crippen LogP contribution in [-0.4, -0.2) is 17.4 Å². The Hall–Kier alpha value is -1.36. The monoisotopic (exact) mass is 212 g/mol. The molecule has 0 saturated carbocycles. The van der Waals surface area contributed by atoms with Crippen LogP contribution < -0.4 is 11.1 Å². The van der Waals surface area contributed by atoms with Gasteiger partial charge in [-0.15, -0.1) is 0 Å². The number of amides is 1. The van der Waals surface area contributed by atoms with Gasteiger partial charge in [0.05, 0.1) is 16.8 Å². The lowest BCUT2D eigenvalue weighted by Gasteiger charge is -2.02. The number of carbonyl (C=O) groups is 1. The Morgan fingerprint density at radius 1 is 1.71 bits per heavy atom. The molecule has 0 spiro atoms. The van der Waals surface area contributed by atoms with Gasteiger partial charge in [-0.05, 0) is 13.0 Å². The fourth-order valence-electron chi connectivity index (χ4n) is 1.01. The summed E-state index contributed by atoms with van der Waals surface area (Å²) < 4.78 is 5.00. The lowest BCUT2D eigenvalue weighted by Crippen LogP contribution is -2.27. The summed E-state index contributed by atoms with van der Waals surface area (Å²) in [5, 5.41) is 2.69. The van der Waals surface area contributed by atoms with Crippen LogP contribution in [0.25, 0.3) is 0 Å². The number of nitrogens with one attached hydrogen (secondary N) is 1. The molecule has 14 heavy (non-hydrogen) atoms. The maximum Gasteiger partial charge on any atom is 0.254 e. The molecular formula is C9H12N2O2S. The first-order valence-corrected chi connectivity index (χ1v) is 4.62. The summed E-state index contributed by atoms with van der Waals surface area (Å²) in [6.45, 7) is 2.20. The van der Waals surface area contributed by atoms with Crippen LogP contribution in [-0.2, 0) is 0 Å². The highest BCUT2D eigenvalue weighted by molar-refractivity contribution is 7.80. The molecule has 1 aromatic heterocycles. The molecule has 0 saturated heterocycles. The van der Waals surface area contributed by atoms with Gasteiger partial charge in [-0.25, -0.2) is 0 Å². The molecule has 0 atom stereocenters. The Labute approximate surface area is 87.5 Å². The van der Waals surface area contributed by atoms with Crippen LogP contribution in [0.15, 0.2) is 16.7 Å². The van der Waals surface area contributed by atoms with Gasteiger partial charge >= 0.3 is 0 Å². The minimum absolute atomic E-state index is 0.160. The van der Waals surface area contributed by atoms with Crippen LogP contribution in [0.2, 0.25) is 0 Å². The highest BCUT2D eigenvalue weighted by Crippen LogP contribution is 2.07. The van der Waals surface area contributed by atoms with E-state index in [9.17, 15) is 4.79 Å². The van der Waals surface area contributed by atoms with Crippen molar-refractivity contribution in [3.63, 3.8) is 0 Å². The molecule has 0 fully saturated rings. The molecule has 0 aromatic carbocycles. The zero-order valence-corrected chi connectivity index (χ0v) is 8.69. The van der Waals surface area contributed by atoms with Crippen LogP contribution in [0.5, 0.6) is 0 Å². The van der Waals surface area contributed by atoms with Crippen LogP contribution in [0.3, 0.4) is 0 Å². The first-order valence-electron chi connectivity index (χ1n) is 4.22. The van der Waals surface area contributed by atoms with E-state index in [2.05, 4.69) is 17.5 Å². The summed E-state index contributed by atoms with van der Waals surface area (Å²) in [4.78, 5) is 11.9. The zero-order valence-electron chi connectivity index (χ0n) is 7.87. The first kappa shape index (κ1) is 10.7. The van der Waals surface area contributed by atoms with Gasteiger partial charge in [-0.1, -0.05) is 12.2 Å². The highest BCUT2D eigenvalue weighted by Gasteiger charge is 2.09. The number of furan rings is 1. The Kier molecular flexibility index (Phi) is 3.64. The van der Waals surface area contributed by atoms with E-state index < -0.39 is 0 Å². The molecule has 0 unspecified atom stereocenters. The second-order valence-corrected chi connectivity index (χ2v) is 3.39. The average Bonchev–Trinajstić information content (AvgIpc) is 2.50. The normalized spacial score (nSPS) is 9.79. The summed E-state index contributed by atoms with van der Waals surface area (Å²) in [6, 6.07) is 1.63. The van der Waals surface area contributed by atoms with Gasteiger partial charge < -0.3 is 15.5 Å². The lowest BCUT2D eigenvalue weighted by molar-refractivity contribution is 0.0953. The largest absolute Gasteiger partial charge is 0.469 e. The molecule has 1 rings (SSSR count). The minimum Gasteiger partial charge on any atom is -0.469 e. The number of carbonyl (C=O) groups excluding carboxylic acids is 1. The second kappa shape index (κ2) is 4.76. The van der Waals surface area contributed by atoms with Crippen molar-refractivity contribution in [2.45, 2.75) is 13.3 Å². The summed E-state index contributed by atoms with van der Waals surface area (Å²) >= 11 is 4.68. The molecule has 0 aliphatic heterocycles. The number of rotatable bonds is 4. The van der Waals surface area contributed by atoms with Crippen molar-refractivity contribution in [3.8, 4) is 0 Å². The third-order valence-electron chi connectivity index (χ3n) is 1.76. The molecule has 1 heterocycles. The number of thiocarbonyl (C=S) groups is 1. The van der Waals surface area contributed by atoms with Gasteiger partial charge in [-0.2, -0.15) is 0 Å². The van der Waals surface area contributed by atoms with Crippen molar-refractivity contribution in [2.24, 2.45) is 5.73 Å². The molecule has 0 aliphatic carbocycles. The molecule has 0 bridgehead atoms. The van der Waals surface area contributed by atoms with Gasteiger partial charge in [-0.3, -0.25) is 4.79 Å². The van der Waals surface area contributed by atoms with Crippen LogP contribution in [0.4, 0.5) is 0 Å². The van der Waals surface area contributed by atoms with Crippen molar-refractivity contribution in [1.82, 2.24) is 5.32 Å². The number of nitrogens with two attached hydrogens (primary N) is 1. The lowest BCUT2D eigenvalue weighted by atomic mass is 10.2. The maximum atomic E-state index is 11.5. The van der Waals surface area contributed by atoms with Crippen molar-refractivity contribution < 1.29 is 9.21 Å². The fourth-order valence-corrected chi connectivity index (χ4v) is 1.12. The smallest absolute Gasteiger partial charge is 0.254 e. The Balaban J connectivity index is 2.44. The second-order valence-electron chi connectivity index (χ2n) is 2.86. The predicted octanol–water partition coefficient (Wildman–Crippen LogP) is 0.994. The maximum absolute atomic E-state index is 11.5. The summed E-state index contributed by atoms with van der Waals surface area (Å²) in [7, 11) is 0. The van der Waals surface area contributed by atoms with E-state index in [1.807, 2.05) is 0 Å². The third-order valence-corrected chi connectivity index (χ3v) is 1.96. The van der Waals surface area contributed by atoms with Gasteiger partial charge in [0, 0.05) is 13.0 Å². The first-order chi connectivity index (χ1) is 6.61. The molecule has 76 valence electrons. The third kappa shape index (κ3) is 2.85. The predicted molar refractivity (Wildman–Crippen MR) is 57.2 cm³/mol. The number of aryl methyl sites for hydroxylation is 1. The van der Waals surface area contributed by atoms with Gasteiger partial charge in [0.15, 0.2) is 0 Å². The van der Waals surface area contributed by atoms with E-state index in [1.54, 1.807) is 13.0 Å². The van der Waals surface area contributed by atoms with Crippen molar-refractivity contribution >= 4 is 23.1 Å². The highest BCUT2D eigenvalue weighted by atomic mass is 32.1.